The number of rotatable bonds is 5. The summed E-state index contributed by atoms with van der Waals surface area (Å²) in [4.78, 5) is 17.1. The molecule has 5 heteroatoms. The van der Waals surface area contributed by atoms with Gasteiger partial charge in [-0.3, -0.25) is 9.69 Å². The Morgan fingerprint density at radius 2 is 1.67 bits per heavy atom. The fourth-order valence-electron chi connectivity index (χ4n) is 4.54. The maximum atomic E-state index is 12.6. The Labute approximate surface area is 167 Å². The maximum Gasteiger partial charge on any atom is 0.226 e. The molecule has 2 aromatic carbocycles. The molecule has 1 amide bonds. The number of benzene rings is 2. The fourth-order valence-corrected chi connectivity index (χ4v) is 4.54. The number of likely N-dealkylation sites (tertiary alicyclic amines) is 2. The highest BCUT2D eigenvalue weighted by Crippen LogP contribution is 2.44. The molecule has 0 spiro atoms. The molecule has 0 N–H and O–H groups in total. The highest BCUT2D eigenvalue weighted by molar-refractivity contribution is 5.85. The number of nitrogens with zero attached hydrogens (tertiary/aromatic N) is 2. The van der Waals surface area contributed by atoms with Crippen molar-refractivity contribution in [2.45, 2.75) is 12.5 Å². The van der Waals surface area contributed by atoms with E-state index in [4.69, 9.17) is 4.74 Å². The van der Waals surface area contributed by atoms with Gasteiger partial charge in [0.05, 0.1) is 13.0 Å². The Hall–Kier alpha value is -2.04. The van der Waals surface area contributed by atoms with Crippen molar-refractivity contribution >= 4 is 18.3 Å². The van der Waals surface area contributed by atoms with Crippen LogP contribution in [0.5, 0.6) is 5.75 Å². The largest absolute Gasteiger partial charge is 0.493 e. The van der Waals surface area contributed by atoms with Crippen molar-refractivity contribution in [3.05, 3.63) is 66.2 Å². The normalized spacial score (nSPS) is 24.3. The number of hydrogen-bond acceptors (Lipinski definition) is 3. The van der Waals surface area contributed by atoms with E-state index in [1.165, 1.54) is 5.56 Å². The molecule has 2 aliphatic rings. The molecule has 3 atom stereocenters. The number of para-hydroxylation sites is 1. The van der Waals surface area contributed by atoms with Crippen LogP contribution in [0, 0.1) is 11.8 Å². The van der Waals surface area contributed by atoms with Crippen LogP contribution in [0.2, 0.25) is 0 Å². The zero-order valence-electron chi connectivity index (χ0n) is 15.7. The van der Waals surface area contributed by atoms with Gasteiger partial charge in [-0.25, -0.2) is 0 Å². The Balaban J connectivity index is 0.00000210. The third kappa shape index (κ3) is 4.28. The molecule has 2 saturated heterocycles. The van der Waals surface area contributed by atoms with E-state index < -0.39 is 0 Å². The van der Waals surface area contributed by atoms with Crippen molar-refractivity contribution in [1.29, 1.82) is 0 Å². The summed E-state index contributed by atoms with van der Waals surface area (Å²) in [5.41, 5.74) is 1.37. The molecule has 0 bridgehead atoms. The van der Waals surface area contributed by atoms with Gasteiger partial charge in [-0.05, 0) is 30.7 Å². The lowest BCUT2D eigenvalue weighted by atomic mass is 9.90. The molecular weight excluding hydrogens is 360 g/mol. The molecule has 0 radical (unpaired) electrons. The Kier molecular flexibility index (Phi) is 6.40. The second-order valence-electron chi connectivity index (χ2n) is 7.43. The SMILES string of the molecule is CN1C[C@H]2CN(C(=O)CCOc3ccccc3)C[C@H]2[C@@H]1c1ccccc1.Cl. The Morgan fingerprint density at radius 1 is 1.00 bits per heavy atom. The number of hydrogen-bond donors (Lipinski definition) is 0. The highest BCUT2D eigenvalue weighted by Gasteiger charge is 2.46. The molecule has 0 saturated carbocycles. The quantitative estimate of drug-likeness (QED) is 0.786. The summed E-state index contributed by atoms with van der Waals surface area (Å²) in [6.07, 6.45) is 0.445. The first-order chi connectivity index (χ1) is 12.7. The summed E-state index contributed by atoms with van der Waals surface area (Å²) in [7, 11) is 2.20. The van der Waals surface area contributed by atoms with Crippen LogP contribution in [0.15, 0.2) is 60.7 Å². The molecule has 27 heavy (non-hydrogen) atoms. The first-order valence-corrected chi connectivity index (χ1v) is 9.43. The lowest BCUT2D eigenvalue weighted by Crippen LogP contribution is -2.34. The number of ether oxygens (including phenoxy) is 1. The van der Waals surface area contributed by atoms with Crippen molar-refractivity contribution in [1.82, 2.24) is 9.80 Å². The van der Waals surface area contributed by atoms with Gasteiger partial charge in [-0.2, -0.15) is 0 Å². The lowest BCUT2D eigenvalue weighted by Gasteiger charge is -2.27. The van der Waals surface area contributed by atoms with Crippen LogP contribution >= 0.6 is 12.4 Å². The fraction of sp³-hybridized carbons (Fsp3) is 0.409. The van der Waals surface area contributed by atoms with E-state index in [-0.39, 0.29) is 18.3 Å². The van der Waals surface area contributed by atoms with Gasteiger partial charge >= 0.3 is 0 Å². The summed E-state index contributed by atoms with van der Waals surface area (Å²) < 4.78 is 5.68. The smallest absolute Gasteiger partial charge is 0.226 e. The summed E-state index contributed by atoms with van der Waals surface area (Å²) >= 11 is 0. The third-order valence-electron chi connectivity index (χ3n) is 5.72. The molecule has 2 heterocycles. The number of carbonyl (C=O) groups excluding carboxylic acids is 1. The number of amides is 1. The number of fused-ring (bicyclic) bond motifs is 1. The zero-order valence-corrected chi connectivity index (χ0v) is 16.5. The van der Waals surface area contributed by atoms with Crippen LogP contribution in [-0.4, -0.2) is 49.0 Å². The Morgan fingerprint density at radius 3 is 2.37 bits per heavy atom. The maximum absolute atomic E-state index is 12.6. The van der Waals surface area contributed by atoms with E-state index in [0.29, 0.717) is 30.9 Å². The van der Waals surface area contributed by atoms with Gasteiger partial charge in [-0.1, -0.05) is 48.5 Å². The van der Waals surface area contributed by atoms with Crippen molar-refractivity contribution in [3.8, 4) is 5.75 Å². The van der Waals surface area contributed by atoms with Crippen LogP contribution in [0.3, 0.4) is 0 Å². The molecule has 4 rings (SSSR count). The predicted octanol–water partition coefficient (Wildman–Crippen LogP) is 3.64. The predicted molar refractivity (Wildman–Crippen MR) is 109 cm³/mol. The average Bonchev–Trinajstić information content (AvgIpc) is 3.20. The van der Waals surface area contributed by atoms with Crippen molar-refractivity contribution in [2.75, 3.05) is 33.3 Å². The van der Waals surface area contributed by atoms with Gasteiger partial charge in [0.2, 0.25) is 5.91 Å². The molecule has 0 aliphatic carbocycles. The van der Waals surface area contributed by atoms with Crippen molar-refractivity contribution in [2.24, 2.45) is 11.8 Å². The van der Waals surface area contributed by atoms with Crippen LogP contribution in [0.4, 0.5) is 0 Å². The summed E-state index contributed by atoms with van der Waals surface area (Å²) in [5.74, 6) is 2.14. The van der Waals surface area contributed by atoms with Crippen LogP contribution < -0.4 is 4.74 Å². The van der Waals surface area contributed by atoms with Crippen LogP contribution in [0.1, 0.15) is 18.0 Å². The standard InChI is InChI=1S/C22H26N2O2.ClH/c1-23-14-18-15-24(16-20(18)22(23)17-8-4-2-5-9-17)21(25)12-13-26-19-10-6-3-7-11-19;/h2-11,18,20,22H,12-16H2,1H3;1H/t18-,20+,22-;/m0./s1. The molecule has 2 aromatic rings. The topological polar surface area (TPSA) is 32.8 Å². The molecule has 2 fully saturated rings. The minimum atomic E-state index is 0. The summed E-state index contributed by atoms with van der Waals surface area (Å²) in [6.45, 7) is 3.24. The first-order valence-electron chi connectivity index (χ1n) is 9.43. The molecular formula is C22H27ClN2O2. The first kappa shape index (κ1) is 19.7. The molecule has 4 nitrogen and oxygen atoms in total. The van der Waals surface area contributed by atoms with Crippen molar-refractivity contribution < 1.29 is 9.53 Å². The molecule has 0 unspecified atom stereocenters. The van der Waals surface area contributed by atoms with Gasteiger partial charge < -0.3 is 9.64 Å². The highest BCUT2D eigenvalue weighted by atomic mass is 35.5. The van der Waals surface area contributed by atoms with E-state index in [9.17, 15) is 4.79 Å². The van der Waals surface area contributed by atoms with Gasteiger partial charge in [0, 0.05) is 31.6 Å². The van der Waals surface area contributed by atoms with E-state index >= 15 is 0 Å². The van der Waals surface area contributed by atoms with E-state index in [0.717, 1.165) is 25.4 Å². The molecule has 0 aromatic heterocycles. The second-order valence-corrected chi connectivity index (χ2v) is 7.43. The summed E-state index contributed by atoms with van der Waals surface area (Å²) in [5, 5.41) is 0. The minimum Gasteiger partial charge on any atom is -0.493 e. The monoisotopic (exact) mass is 386 g/mol. The summed E-state index contributed by atoms with van der Waals surface area (Å²) in [6, 6.07) is 20.8. The zero-order chi connectivity index (χ0) is 17.9. The third-order valence-corrected chi connectivity index (χ3v) is 5.72. The number of halogens is 1. The minimum absolute atomic E-state index is 0. The molecule has 2 aliphatic heterocycles. The second kappa shape index (κ2) is 8.77. The molecule has 144 valence electrons. The van der Waals surface area contributed by atoms with Crippen LogP contribution in [0.25, 0.3) is 0 Å². The van der Waals surface area contributed by atoms with Crippen molar-refractivity contribution in [3.63, 3.8) is 0 Å². The van der Waals surface area contributed by atoms with Gasteiger partial charge in [0.25, 0.3) is 0 Å². The van der Waals surface area contributed by atoms with Gasteiger partial charge in [0.15, 0.2) is 0 Å². The van der Waals surface area contributed by atoms with Gasteiger partial charge in [0.1, 0.15) is 5.75 Å². The van der Waals surface area contributed by atoms with E-state index in [1.54, 1.807) is 0 Å². The van der Waals surface area contributed by atoms with Gasteiger partial charge in [-0.15, -0.1) is 12.4 Å². The van der Waals surface area contributed by atoms with E-state index in [2.05, 4.69) is 42.3 Å². The number of carbonyl (C=O) groups is 1. The Bertz CT molecular complexity index is 740. The van der Waals surface area contributed by atoms with Crippen LogP contribution in [-0.2, 0) is 4.79 Å². The lowest BCUT2D eigenvalue weighted by molar-refractivity contribution is -0.131. The average molecular weight is 387 g/mol. The van der Waals surface area contributed by atoms with E-state index in [1.807, 2.05) is 35.2 Å².